The molecule has 6 aromatic carbocycles. The molecule has 7 aromatic rings. The Balaban J connectivity index is 1.47. The second kappa shape index (κ2) is 7.52. The first-order chi connectivity index (χ1) is 18.5. The van der Waals surface area contributed by atoms with E-state index in [1.54, 1.807) is 0 Å². The minimum absolute atomic E-state index is 0.0714. The van der Waals surface area contributed by atoms with Crippen molar-refractivity contribution < 1.29 is 0 Å². The standard InChI is InChI=1S/C37H27N/c1-22-9-8-14-34-24(22)17-20-33(38-34)23-15-18-31-30(21-23)36-32(37(31,2)3)19-16-29-27-12-5-4-10-25(27)26-11-6-7-13-28(26)35(29)36/h4-21H,1-3H3. The number of pyridine rings is 1. The first-order valence-electron chi connectivity index (χ1n) is 13.4. The molecule has 0 saturated heterocycles. The Morgan fingerprint density at radius 2 is 1.18 bits per heavy atom. The van der Waals surface area contributed by atoms with Gasteiger partial charge in [-0.1, -0.05) is 105 Å². The molecule has 1 aromatic heterocycles. The van der Waals surface area contributed by atoms with Crippen LogP contribution in [0.1, 0.15) is 30.5 Å². The van der Waals surface area contributed by atoms with Crippen LogP contribution in [-0.2, 0) is 5.41 Å². The van der Waals surface area contributed by atoms with E-state index in [1.807, 2.05) is 0 Å². The predicted octanol–water partition coefficient (Wildman–Crippen LogP) is 9.98. The fraction of sp³-hybridized carbons (Fsp3) is 0.108. The van der Waals surface area contributed by atoms with Gasteiger partial charge >= 0.3 is 0 Å². The third-order valence-electron chi connectivity index (χ3n) is 8.79. The maximum absolute atomic E-state index is 5.08. The molecule has 0 fully saturated rings. The summed E-state index contributed by atoms with van der Waals surface area (Å²) in [6.07, 6.45) is 0. The van der Waals surface area contributed by atoms with Crippen LogP contribution < -0.4 is 0 Å². The monoisotopic (exact) mass is 485 g/mol. The minimum Gasteiger partial charge on any atom is -0.248 e. The van der Waals surface area contributed by atoms with Gasteiger partial charge in [-0.25, -0.2) is 4.98 Å². The molecular weight excluding hydrogens is 458 g/mol. The van der Waals surface area contributed by atoms with Crippen molar-refractivity contribution in [2.75, 3.05) is 0 Å². The Bertz CT molecular complexity index is 2080. The highest BCUT2D eigenvalue weighted by molar-refractivity contribution is 6.29. The molecule has 0 N–H and O–H groups in total. The molecule has 180 valence electrons. The van der Waals surface area contributed by atoms with Gasteiger partial charge in [0.05, 0.1) is 11.2 Å². The molecule has 0 saturated carbocycles. The molecule has 0 atom stereocenters. The summed E-state index contributed by atoms with van der Waals surface area (Å²) in [5.41, 5.74) is 9.92. The first kappa shape index (κ1) is 21.6. The van der Waals surface area contributed by atoms with E-state index in [1.165, 1.54) is 65.5 Å². The average Bonchev–Trinajstić information content (AvgIpc) is 3.19. The van der Waals surface area contributed by atoms with Crippen molar-refractivity contribution in [3.05, 3.63) is 126 Å². The van der Waals surface area contributed by atoms with E-state index in [0.29, 0.717) is 0 Å². The summed E-state index contributed by atoms with van der Waals surface area (Å²) < 4.78 is 0. The Morgan fingerprint density at radius 3 is 1.95 bits per heavy atom. The fourth-order valence-electron chi connectivity index (χ4n) is 6.87. The molecule has 38 heavy (non-hydrogen) atoms. The number of nitrogens with zero attached hydrogens (tertiary/aromatic N) is 1. The van der Waals surface area contributed by atoms with Crippen LogP contribution in [0.2, 0.25) is 0 Å². The van der Waals surface area contributed by atoms with E-state index in [4.69, 9.17) is 4.98 Å². The van der Waals surface area contributed by atoms with Crippen molar-refractivity contribution in [1.82, 2.24) is 4.98 Å². The molecule has 0 bridgehead atoms. The summed E-state index contributed by atoms with van der Waals surface area (Å²) in [4.78, 5) is 5.08. The highest BCUT2D eigenvalue weighted by Crippen LogP contribution is 2.54. The van der Waals surface area contributed by atoms with Gasteiger partial charge in [-0.15, -0.1) is 0 Å². The number of aromatic nitrogens is 1. The Morgan fingerprint density at radius 1 is 0.553 bits per heavy atom. The summed E-state index contributed by atoms with van der Waals surface area (Å²) in [6.45, 7) is 6.88. The number of fused-ring (bicyclic) bond motifs is 11. The smallest absolute Gasteiger partial charge is 0.0712 e. The van der Waals surface area contributed by atoms with Crippen molar-refractivity contribution in [3.63, 3.8) is 0 Å². The largest absolute Gasteiger partial charge is 0.248 e. The van der Waals surface area contributed by atoms with Crippen LogP contribution in [0.5, 0.6) is 0 Å². The summed E-state index contributed by atoms with van der Waals surface area (Å²) in [6, 6.07) is 40.2. The van der Waals surface area contributed by atoms with Gasteiger partial charge < -0.3 is 0 Å². The highest BCUT2D eigenvalue weighted by Gasteiger charge is 2.37. The van der Waals surface area contributed by atoms with Crippen LogP contribution in [-0.4, -0.2) is 4.98 Å². The van der Waals surface area contributed by atoms with E-state index < -0.39 is 0 Å². The molecule has 0 amide bonds. The molecule has 1 heteroatoms. The molecular formula is C37H27N. The zero-order valence-electron chi connectivity index (χ0n) is 21.8. The molecule has 0 unspecified atom stereocenters. The lowest BCUT2D eigenvalue weighted by Gasteiger charge is -2.22. The third kappa shape index (κ3) is 2.79. The van der Waals surface area contributed by atoms with Crippen LogP contribution in [0.4, 0.5) is 0 Å². The fourth-order valence-corrected chi connectivity index (χ4v) is 6.87. The van der Waals surface area contributed by atoms with E-state index in [0.717, 1.165) is 16.8 Å². The van der Waals surface area contributed by atoms with Gasteiger partial charge in [0.2, 0.25) is 0 Å². The van der Waals surface area contributed by atoms with Crippen molar-refractivity contribution >= 4 is 43.2 Å². The van der Waals surface area contributed by atoms with Crippen LogP contribution in [0, 0.1) is 6.92 Å². The number of hydrogen-bond acceptors (Lipinski definition) is 1. The molecule has 1 aliphatic rings. The quantitative estimate of drug-likeness (QED) is 0.211. The van der Waals surface area contributed by atoms with Crippen molar-refractivity contribution in [2.45, 2.75) is 26.2 Å². The van der Waals surface area contributed by atoms with E-state index in [9.17, 15) is 0 Å². The van der Waals surface area contributed by atoms with Gasteiger partial charge in [0.25, 0.3) is 0 Å². The zero-order valence-corrected chi connectivity index (χ0v) is 21.8. The third-order valence-corrected chi connectivity index (χ3v) is 8.79. The number of aryl methyl sites for hydroxylation is 1. The lowest BCUT2D eigenvalue weighted by atomic mass is 9.81. The lowest BCUT2D eigenvalue weighted by molar-refractivity contribution is 0.661. The van der Waals surface area contributed by atoms with E-state index >= 15 is 0 Å². The predicted molar refractivity (Wildman–Crippen MR) is 162 cm³/mol. The Labute approximate surface area is 222 Å². The topological polar surface area (TPSA) is 12.9 Å². The Hall–Kier alpha value is -4.49. The molecule has 1 heterocycles. The maximum Gasteiger partial charge on any atom is 0.0712 e. The minimum atomic E-state index is -0.0714. The molecule has 1 aliphatic carbocycles. The van der Waals surface area contributed by atoms with Gasteiger partial charge in [-0.2, -0.15) is 0 Å². The zero-order chi connectivity index (χ0) is 25.6. The van der Waals surface area contributed by atoms with Gasteiger partial charge in [-0.3, -0.25) is 0 Å². The van der Waals surface area contributed by atoms with Crippen LogP contribution in [0.25, 0.3) is 65.6 Å². The average molecular weight is 486 g/mol. The Kier molecular flexibility index (Phi) is 4.27. The summed E-state index contributed by atoms with van der Waals surface area (Å²) in [5.74, 6) is 0. The van der Waals surface area contributed by atoms with Crippen LogP contribution >= 0.6 is 0 Å². The maximum atomic E-state index is 5.08. The summed E-state index contributed by atoms with van der Waals surface area (Å²) >= 11 is 0. The second-order valence-electron chi connectivity index (χ2n) is 11.2. The van der Waals surface area contributed by atoms with Gasteiger partial charge in [0.1, 0.15) is 0 Å². The lowest BCUT2D eigenvalue weighted by Crippen LogP contribution is -2.14. The number of rotatable bonds is 1. The second-order valence-corrected chi connectivity index (χ2v) is 11.2. The van der Waals surface area contributed by atoms with Crippen molar-refractivity contribution in [3.8, 4) is 22.4 Å². The number of hydrogen-bond donors (Lipinski definition) is 0. The van der Waals surface area contributed by atoms with E-state index in [2.05, 4.69) is 130 Å². The molecule has 0 spiro atoms. The summed E-state index contributed by atoms with van der Waals surface area (Å²) in [7, 11) is 0. The number of benzene rings is 6. The molecule has 8 rings (SSSR count). The van der Waals surface area contributed by atoms with Gasteiger partial charge in [-0.05, 0) is 85.3 Å². The first-order valence-corrected chi connectivity index (χ1v) is 13.4. The molecule has 0 aliphatic heterocycles. The van der Waals surface area contributed by atoms with Gasteiger partial charge in [0.15, 0.2) is 0 Å². The molecule has 0 radical (unpaired) electrons. The highest BCUT2D eigenvalue weighted by atomic mass is 14.7. The van der Waals surface area contributed by atoms with E-state index in [-0.39, 0.29) is 5.41 Å². The van der Waals surface area contributed by atoms with Gasteiger partial charge in [0, 0.05) is 16.4 Å². The summed E-state index contributed by atoms with van der Waals surface area (Å²) in [5, 5.41) is 9.18. The normalized spacial score (nSPS) is 13.9. The van der Waals surface area contributed by atoms with Crippen LogP contribution in [0.15, 0.2) is 109 Å². The molecule has 1 nitrogen and oxygen atoms in total. The van der Waals surface area contributed by atoms with Crippen molar-refractivity contribution in [2.24, 2.45) is 0 Å². The SMILES string of the molecule is Cc1cccc2nc(-c3ccc4c(c3)-c3c(ccc5c6ccccc6c6ccccc6c35)C4(C)C)ccc12. The van der Waals surface area contributed by atoms with Crippen molar-refractivity contribution in [1.29, 1.82) is 0 Å². The van der Waals surface area contributed by atoms with Crippen LogP contribution in [0.3, 0.4) is 0 Å².